The highest BCUT2D eigenvalue weighted by Gasteiger charge is 2.26. The first-order valence-electron chi connectivity index (χ1n) is 13.1. The molecule has 0 bridgehead atoms. The lowest BCUT2D eigenvalue weighted by atomic mass is 9.96. The summed E-state index contributed by atoms with van der Waals surface area (Å²) in [6.07, 6.45) is 11.0. The summed E-state index contributed by atoms with van der Waals surface area (Å²) in [5.74, 6) is 1.42. The molecule has 1 saturated heterocycles. The van der Waals surface area contributed by atoms with Gasteiger partial charge in [-0.2, -0.15) is 5.10 Å². The van der Waals surface area contributed by atoms with Crippen LogP contribution >= 0.6 is 0 Å². The van der Waals surface area contributed by atoms with E-state index in [0.717, 1.165) is 89.4 Å². The Balaban J connectivity index is 1.46. The molecule has 4 aromatic heterocycles. The first-order chi connectivity index (χ1) is 17.6. The van der Waals surface area contributed by atoms with Gasteiger partial charge in [0.05, 0.1) is 22.6 Å². The molecule has 5 heterocycles. The number of nitrogens with one attached hydrogen (secondary N) is 1. The maximum Gasteiger partial charge on any atom is 0.223 e. The second-order valence-corrected chi connectivity index (χ2v) is 10.1. The van der Waals surface area contributed by atoms with Gasteiger partial charge in [0.25, 0.3) is 0 Å². The predicted molar refractivity (Wildman–Crippen MR) is 138 cm³/mol. The van der Waals surface area contributed by atoms with E-state index < -0.39 is 0 Å². The van der Waals surface area contributed by atoms with E-state index in [4.69, 9.17) is 24.3 Å². The molecule has 9 heteroatoms. The van der Waals surface area contributed by atoms with Gasteiger partial charge in [-0.05, 0) is 70.6 Å². The minimum Gasteiger partial charge on any atom is -0.361 e. The molecule has 1 N–H and O–H groups in total. The smallest absolute Gasteiger partial charge is 0.223 e. The molecule has 1 saturated carbocycles. The molecule has 0 aromatic carbocycles. The summed E-state index contributed by atoms with van der Waals surface area (Å²) >= 11 is 0. The number of hydrogen-bond acceptors (Lipinski definition) is 8. The fourth-order valence-corrected chi connectivity index (χ4v) is 5.48. The number of nitrogens with zero attached hydrogens (tertiary/aromatic N) is 6. The molecule has 188 valence electrons. The van der Waals surface area contributed by atoms with Gasteiger partial charge in [-0.1, -0.05) is 24.4 Å². The van der Waals surface area contributed by atoms with Crippen molar-refractivity contribution in [3.05, 3.63) is 35.3 Å². The number of ether oxygens (including phenoxy) is 1. The highest BCUT2D eigenvalue weighted by Crippen LogP contribution is 2.35. The number of fused-ring (bicyclic) bond motifs is 1. The fraction of sp³-hybridized carbons (Fsp3) is 0.519. The molecule has 2 fully saturated rings. The minimum atomic E-state index is -0.149. The topological polar surface area (TPSA) is 104 Å². The van der Waals surface area contributed by atoms with Crippen LogP contribution in [0.2, 0.25) is 0 Å². The van der Waals surface area contributed by atoms with Crippen LogP contribution in [-0.4, -0.2) is 42.5 Å². The summed E-state index contributed by atoms with van der Waals surface area (Å²) in [4.78, 5) is 14.6. The normalized spacial score (nSPS) is 19.1. The average Bonchev–Trinajstić information content (AvgIpc) is 3.45. The molecule has 0 amide bonds. The third-order valence-electron chi connectivity index (χ3n) is 7.41. The summed E-state index contributed by atoms with van der Waals surface area (Å²) < 4.78 is 13.5. The zero-order valence-electron chi connectivity index (χ0n) is 21.3. The van der Waals surface area contributed by atoms with Crippen LogP contribution in [0.15, 0.2) is 22.9 Å². The largest absolute Gasteiger partial charge is 0.361 e. The number of aryl methyl sites for hydroxylation is 3. The molecular formula is C27H33N7O2. The standard InChI is InChI=1S/C27H33N7O2/c1-16-15-28-27(29-19-9-5-4-6-10-19)31-24(16)25-20-12-13-21(23-17(2)33-36-18(23)3)30-26(20)34(32-25)22-11-7-8-14-35-22/h12-13,15,19,22H,4-11,14H2,1-3H3,(H,28,29,31). The highest BCUT2D eigenvalue weighted by atomic mass is 16.5. The van der Waals surface area contributed by atoms with Crippen molar-refractivity contribution in [1.82, 2.24) is 29.9 Å². The lowest BCUT2D eigenvalue weighted by Crippen LogP contribution is -2.23. The minimum absolute atomic E-state index is 0.149. The maximum absolute atomic E-state index is 6.14. The van der Waals surface area contributed by atoms with Crippen molar-refractivity contribution in [2.45, 2.75) is 84.4 Å². The number of anilines is 1. The van der Waals surface area contributed by atoms with Gasteiger partial charge in [0.2, 0.25) is 5.95 Å². The lowest BCUT2D eigenvalue weighted by molar-refractivity contribution is -0.0368. The van der Waals surface area contributed by atoms with Gasteiger partial charge >= 0.3 is 0 Å². The van der Waals surface area contributed by atoms with Gasteiger partial charge in [0.15, 0.2) is 11.9 Å². The van der Waals surface area contributed by atoms with Crippen LogP contribution in [-0.2, 0) is 4.74 Å². The zero-order valence-corrected chi connectivity index (χ0v) is 21.3. The quantitative estimate of drug-likeness (QED) is 0.370. The Morgan fingerprint density at radius 1 is 0.944 bits per heavy atom. The van der Waals surface area contributed by atoms with E-state index in [2.05, 4.69) is 21.5 Å². The van der Waals surface area contributed by atoms with Gasteiger partial charge in [0, 0.05) is 24.2 Å². The number of pyridine rings is 1. The van der Waals surface area contributed by atoms with E-state index in [0.29, 0.717) is 12.0 Å². The molecule has 0 spiro atoms. The van der Waals surface area contributed by atoms with Crippen molar-refractivity contribution >= 4 is 17.0 Å². The molecule has 2 aliphatic rings. The van der Waals surface area contributed by atoms with E-state index in [1.54, 1.807) is 0 Å². The van der Waals surface area contributed by atoms with Crippen molar-refractivity contribution in [3.8, 4) is 22.6 Å². The van der Waals surface area contributed by atoms with Crippen LogP contribution in [0.1, 0.15) is 74.6 Å². The van der Waals surface area contributed by atoms with E-state index in [1.165, 1.54) is 19.3 Å². The molecule has 4 aromatic rings. The van der Waals surface area contributed by atoms with Crippen LogP contribution < -0.4 is 5.32 Å². The summed E-state index contributed by atoms with van der Waals surface area (Å²) in [7, 11) is 0. The van der Waals surface area contributed by atoms with Gasteiger partial charge in [-0.15, -0.1) is 0 Å². The molecule has 1 atom stereocenters. The van der Waals surface area contributed by atoms with Crippen LogP contribution in [0.4, 0.5) is 5.95 Å². The number of hydrogen-bond donors (Lipinski definition) is 1. The van der Waals surface area contributed by atoms with Crippen molar-refractivity contribution in [2.24, 2.45) is 0 Å². The van der Waals surface area contributed by atoms with Gasteiger partial charge in [0.1, 0.15) is 11.5 Å². The van der Waals surface area contributed by atoms with E-state index in [-0.39, 0.29) is 6.23 Å². The van der Waals surface area contributed by atoms with Crippen molar-refractivity contribution in [3.63, 3.8) is 0 Å². The molecular weight excluding hydrogens is 454 g/mol. The van der Waals surface area contributed by atoms with E-state index in [1.807, 2.05) is 37.7 Å². The first-order valence-corrected chi connectivity index (χ1v) is 13.1. The Morgan fingerprint density at radius 2 is 1.78 bits per heavy atom. The van der Waals surface area contributed by atoms with Crippen molar-refractivity contribution in [2.75, 3.05) is 11.9 Å². The summed E-state index contributed by atoms with van der Waals surface area (Å²) in [5, 5.41) is 13.7. The Kier molecular flexibility index (Phi) is 6.17. The molecule has 1 aliphatic heterocycles. The predicted octanol–water partition coefficient (Wildman–Crippen LogP) is 5.91. The zero-order chi connectivity index (χ0) is 24.6. The molecule has 0 radical (unpaired) electrons. The highest BCUT2D eigenvalue weighted by molar-refractivity contribution is 5.92. The molecule has 9 nitrogen and oxygen atoms in total. The van der Waals surface area contributed by atoms with Crippen LogP contribution in [0, 0.1) is 20.8 Å². The summed E-state index contributed by atoms with van der Waals surface area (Å²) in [6, 6.07) is 4.53. The third kappa shape index (κ3) is 4.25. The fourth-order valence-electron chi connectivity index (χ4n) is 5.48. The van der Waals surface area contributed by atoms with Gasteiger partial charge in [-0.3, -0.25) is 0 Å². The van der Waals surface area contributed by atoms with Crippen LogP contribution in [0.25, 0.3) is 33.7 Å². The Morgan fingerprint density at radius 3 is 2.53 bits per heavy atom. The van der Waals surface area contributed by atoms with Crippen LogP contribution in [0.5, 0.6) is 0 Å². The summed E-state index contributed by atoms with van der Waals surface area (Å²) in [6.45, 7) is 6.62. The second-order valence-electron chi connectivity index (χ2n) is 10.1. The van der Waals surface area contributed by atoms with Crippen LogP contribution in [0.3, 0.4) is 0 Å². The Hall–Kier alpha value is -3.33. The molecule has 1 aliphatic carbocycles. The van der Waals surface area contributed by atoms with Gasteiger partial charge in [-0.25, -0.2) is 19.6 Å². The maximum atomic E-state index is 6.14. The third-order valence-corrected chi connectivity index (χ3v) is 7.41. The SMILES string of the molecule is Cc1cnc(NC2CCCCC2)nc1-c1nn(C2CCCCO2)c2nc(-c3c(C)noc3C)ccc12. The second kappa shape index (κ2) is 9.61. The lowest BCUT2D eigenvalue weighted by Gasteiger charge is -2.23. The summed E-state index contributed by atoms with van der Waals surface area (Å²) in [5.41, 5.74) is 5.97. The molecule has 1 unspecified atom stereocenters. The van der Waals surface area contributed by atoms with Gasteiger partial charge < -0.3 is 14.6 Å². The average molecular weight is 488 g/mol. The Bertz CT molecular complexity index is 1360. The monoisotopic (exact) mass is 487 g/mol. The number of rotatable bonds is 5. The number of aromatic nitrogens is 6. The molecule has 36 heavy (non-hydrogen) atoms. The van der Waals surface area contributed by atoms with E-state index >= 15 is 0 Å². The van der Waals surface area contributed by atoms with Crippen molar-refractivity contribution in [1.29, 1.82) is 0 Å². The van der Waals surface area contributed by atoms with E-state index in [9.17, 15) is 0 Å². The molecule has 6 rings (SSSR count). The first kappa shape index (κ1) is 23.1. The van der Waals surface area contributed by atoms with Crippen molar-refractivity contribution < 1.29 is 9.26 Å². The Labute approximate surface area is 210 Å².